The Morgan fingerprint density at radius 3 is 2.26 bits per heavy atom. The van der Waals surface area contributed by atoms with Crippen LogP contribution in [0.15, 0.2) is 47.6 Å². The van der Waals surface area contributed by atoms with Crippen molar-refractivity contribution in [1.82, 2.24) is 5.01 Å². The molecule has 2 aromatic carbocycles. The molecule has 14 heteroatoms. The van der Waals surface area contributed by atoms with E-state index in [-0.39, 0.29) is 23.5 Å². The van der Waals surface area contributed by atoms with Crippen molar-refractivity contribution in [3.63, 3.8) is 0 Å². The first-order chi connectivity index (χ1) is 18.1. The van der Waals surface area contributed by atoms with Crippen molar-refractivity contribution in [3.8, 4) is 0 Å². The minimum absolute atomic E-state index is 0.0533. The number of benzene rings is 2. The van der Waals surface area contributed by atoms with Crippen LogP contribution >= 0.6 is 23.4 Å². The number of carbonyl (C=O) groups is 2. The highest BCUT2D eigenvalue weighted by molar-refractivity contribution is 7.98. The van der Waals surface area contributed by atoms with Crippen LogP contribution in [0.3, 0.4) is 0 Å². The standard InChI is InChI=1S/C25H24ClF6N3O3S/c1-23(11-4-12-39-3)14-34(33-20(23)15-5-10-18(19(26)13-15)25(30,31)32)21(36)35(22(37)38-2)17-8-6-16(7-9-17)24(27,28)29/h5-10,13H,4,11-12,14H2,1-3H3. The van der Waals surface area contributed by atoms with Crippen LogP contribution in [0.5, 0.6) is 0 Å². The fraction of sp³-hybridized carbons (Fsp3) is 0.400. The molecule has 0 N–H and O–H groups in total. The summed E-state index contributed by atoms with van der Waals surface area (Å²) < 4.78 is 83.5. The molecule has 0 saturated heterocycles. The minimum atomic E-state index is -4.67. The summed E-state index contributed by atoms with van der Waals surface area (Å²) in [6.07, 6.45) is -7.37. The van der Waals surface area contributed by atoms with Gasteiger partial charge in [0.05, 0.1) is 41.2 Å². The molecule has 0 aromatic heterocycles. The van der Waals surface area contributed by atoms with Crippen LogP contribution in [0.2, 0.25) is 5.02 Å². The lowest BCUT2D eigenvalue weighted by Crippen LogP contribution is -2.45. The van der Waals surface area contributed by atoms with Gasteiger partial charge >= 0.3 is 24.5 Å². The van der Waals surface area contributed by atoms with Crippen LogP contribution < -0.4 is 4.90 Å². The zero-order valence-electron chi connectivity index (χ0n) is 21.0. The first kappa shape index (κ1) is 30.6. The number of methoxy groups -OCH3 is 1. The van der Waals surface area contributed by atoms with E-state index in [1.54, 1.807) is 18.7 Å². The third-order valence-corrected chi connectivity index (χ3v) is 7.15. The van der Waals surface area contributed by atoms with Gasteiger partial charge in [0, 0.05) is 5.41 Å². The average Bonchev–Trinajstić information content (AvgIpc) is 3.20. The number of hydrogen-bond donors (Lipinski definition) is 0. The zero-order chi connectivity index (χ0) is 29.2. The summed E-state index contributed by atoms with van der Waals surface area (Å²) >= 11 is 7.53. The molecule has 0 aliphatic carbocycles. The molecule has 0 bridgehead atoms. The van der Waals surface area contributed by atoms with Crippen LogP contribution in [0, 0.1) is 5.41 Å². The van der Waals surface area contributed by atoms with E-state index in [4.69, 9.17) is 16.3 Å². The Balaban J connectivity index is 2.03. The van der Waals surface area contributed by atoms with Gasteiger partial charge in [0.15, 0.2) is 0 Å². The van der Waals surface area contributed by atoms with Crippen molar-refractivity contribution in [2.75, 3.05) is 30.6 Å². The van der Waals surface area contributed by atoms with Crippen molar-refractivity contribution >= 4 is 46.9 Å². The molecule has 0 radical (unpaired) electrons. The maximum Gasteiger partial charge on any atom is 0.422 e. The summed E-state index contributed by atoms with van der Waals surface area (Å²) in [4.78, 5) is 26.6. The number of halogens is 7. The molecule has 1 aliphatic heterocycles. The molecule has 1 atom stereocenters. The topological polar surface area (TPSA) is 62.2 Å². The van der Waals surface area contributed by atoms with Gasteiger partial charge < -0.3 is 4.74 Å². The maximum absolute atomic E-state index is 13.5. The van der Waals surface area contributed by atoms with E-state index in [9.17, 15) is 35.9 Å². The highest BCUT2D eigenvalue weighted by Gasteiger charge is 2.44. The van der Waals surface area contributed by atoms with Gasteiger partial charge in [-0.3, -0.25) is 0 Å². The third-order valence-electron chi connectivity index (χ3n) is 6.14. The van der Waals surface area contributed by atoms with Gasteiger partial charge in [0.25, 0.3) is 0 Å². The predicted octanol–water partition coefficient (Wildman–Crippen LogP) is 7.94. The largest absolute Gasteiger partial charge is 0.452 e. The van der Waals surface area contributed by atoms with Crippen molar-refractivity contribution in [2.45, 2.75) is 32.1 Å². The van der Waals surface area contributed by atoms with E-state index in [1.807, 2.05) is 6.26 Å². The fourth-order valence-electron chi connectivity index (χ4n) is 4.20. The average molecular weight is 596 g/mol. The van der Waals surface area contributed by atoms with Crippen LogP contribution in [0.25, 0.3) is 0 Å². The van der Waals surface area contributed by atoms with Gasteiger partial charge in [-0.2, -0.15) is 48.1 Å². The van der Waals surface area contributed by atoms with Gasteiger partial charge in [0.2, 0.25) is 0 Å². The lowest BCUT2D eigenvalue weighted by molar-refractivity contribution is -0.138. The molecule has 0 fully saturated rings. The van der Waals surface area contributed by atoms with E-state index in [0.29, 0.717) is 29.9 Å². The Hall–Kier alpha value is -2.93. The number of hydrazone groups is 1. The fourth-order valence-corrected chi connectivity index (χ4v) is 4.92. The number of rotatable bonds is 6. The molecule has 39 heavy (non-hydrogen) atoms. The highest BCUT2D eigenvalue weighted by Crippen LogP contribution is 2.40. The molecule has 1 heterocycles. The second kappa shape index (κ2) is 11.7. The van der Waals surface area contributed by atoms with Gasteiger partial charge in [-0.15, -0.1) is 0 Å². The number of anilines is 1. The Labute approximate surface area is 229 Å². The normalized spacial score (nSPS) is 17.7. The Kier molecular flexibility index (Phi) is 9.16. The van der Waals surface area contributed by atoms with E-state index < -0.39 is 46.0 Å². The smallest absolute Gasteiger partial charge is 0.422 e. The van der Waals surface area contributed by atoms with Crippen LogP contribution in [-0.2, 0) is 17.1 Å². The Morgan fingerprint density at radius 2 is 1.74 bits per heavy atom. The summed E-state index contributed by atoms with van der Waals surface area (Å²) in [7, 11) is 1.00. The van der Waals surface area contributed by atoms with Gasteiger partial charge in [-0.05, 0) is 66.8 Å². The lowest BCUT2D eigenvalue weighted by Gasteiger charge is -2.28. The molecule has 0 saturated carbocycles. The molecular formula is C25H24ClF6N3O3S. The van der Waals surface area contributed by atoms with E-state index in [1.165, 1.54) is 6.07 Å². The second-order valence-electron chi connectivity index (χ2n) is 8.99. The zero-order valence-corrected chi connectivity index (χ0v) is 22.6. The number of ether oxygens (including phenoxy) is 1. The third kappa shape index (κ3) is 6.81. The summed E-state index contributed by atoms with van der Waals surface area (Å²) in [5, 5.41) is 4.78. The Bertz CT molecular complexity index is 1250. The van der Waals surface area contributed by atoms with Crippen molar-refractivity contribution < 1.29 is 40.7 Å². The first-order valence-corrected chi connectivity index (χ1v) is 13.2. The van der Waals surface area contributed by atoms with E-state index in [2.05, 4.69) is 5.10 Å². The molecule has 1 aliphatic rings. The summed E-state index contributed by atoms with van der Waals surface area (Å²) in [6, 6.07) is 5.49. The van der Waals surface area contributed by atoms with E-state index >= 15 is 0 Å². The second-order valence-corrected chi connectivity index (χ2v) is 10.4. The summed E-state index contributed by atoms with van der Waals surface area (Å²) in [5.41, 5.74) is -2.49. The van der Waals surface area contributed by atoms with E-state index in [0.717, 1.165) is 42.1 Å². The van der Waals surface area contributed by atoms with Crippen LogP contribution in [0.4, 0.5) is 41.6 Å². The van der Waals surface area contributed by atoms with Crippen molar-refractivity contribution in [3.05, 3.63) is 64.2 Å². The molecule has 2 aromatic rings. The Morgan fingerprint density at radius 1 is 1.10 bits per heavy atom. The minimum Gasteiger partial charge on any atom is -0.452 e. The number of nitrogens with zero attached hydrogens (tertiary/aromatic N) is 3. The number of urea groups is 1. The van der Waals surface area contributed by atoms with Crippen LogP contribution in [-0.4, -0.2) is 48.5 Å². The molecule has 0 spiro atoms. The lowest BCUT2D eigenvalue weighted by atomic mass is 9.78. The predicted molar refractivity (Wildman–Crippen MR) is 137 cm³/mol. The number of amides is 3. The van der Waals surface area contributed by atoms with Gasteiger partial charge in [-0.1, -0.05) is 24.6 Å². The molecule has 3 amide bonds. The SMILES string of the molecule is COC(=O)N(C(=O)N1CC(C)(CCCSC)C(c2ccc(C(F)(F)F)c(Cl)c2)=N1)c1ccc(C(F)(F)F)cc1. The number of imide groups is 1. The number of alkyl halides is 6. The van der Waals surface area contributed by atoms with Gasteiger partial charge in [0.1, 0.15) is 0 Å². The molecular weight excluding hydrogens is 572 g/mol. The monoisotopic (exact) mass is 595 g/mol. The van der Waals surface area contributed by atoms with Crippen LogP contribution in [0.1, 0.15) is 36.5 Å². The number of carbonyl (C=O) groups excluding carboxylic acids is 2. The quantitative estimate of drug-likeness (QED) is 0.251. The maximum atomic E-state index is 13.5. The number of thioether (sulfide) groups is 1. The highest BCUT2D eigenvalue weighted by atomic mass is 35.5. The summed E-state index contributed by atoms with van der Waals surface area (Å²) in [5.74, 6) is 0.768. The molecule has 3 rings (SSSR count). The molecule has 1 unspecified atom stereocenters. The molecule has 6 nitrogen and oxygen atoms in total. The van der Waals surface area contributed by atoms with Crippen molar-refractivity contribution in [2.24, 2.45) is 10.5 Å². The van der Waals surface area contributed by atoms with Gasteiger partial charge in [-0.25, -0.2) is 14.6 Å². The summed E-state index contributed by atoms with van der Waals surface area (Å²) in [6.45, 7) is 1.73. The molecule has 212 valence electrons. The number of hydrogen-bond acceptors (Lipinski definition) is 5. The van der Waals surface area contributed by atoms with Crippen molar-refractivity contribution in [1.29, 1.82) is 0 Å². The first-order valence-electron chi connectivity index (χ1n) is 11.4.